The van der Waals surface area contributed by atoms with Gasteiger partial charge in [-0.15, -0.1) is 0 Å². The first-order valence-corrected chi connectivity index (χ1v) is 12.9. The molecule has 188 valence electrons. The van der Waals surface area contributed by atoms with Gasteiger partial charge in [0.2, 0.25) is 5.91 Å². The first kappa shape index (κ1) is 25.5. The van der Waals surface area contributed by atoms with E-state index in [0.717, 1.165) is 28.7 Å². The molecule has 0 saturated carbocycles. The van der Waals surface area contributed by atoms with E-state index in [1.54, 1.807) is 0 Å². The van der Waals surface area contributed by atoms with Crippen LogP contribution in [0.5, 0.6) is 5.75 Å². The van der Waals surface area contributed by atoms with Crippen LogP contribution in [0, 0.1) is 13.8 Å². The van der Waals surface area contributed by atoms with Crippen LogP contribution >= 0.6 is 0 Å². The van der Waals surface area contributed by atoms with Gasteiger partial charge in [-0.05, 0) is 61.1 Å². The Bertz CT molecular complexity index is 1220. The Balaban J connectivity index is 1.56. The van der Waals surface area contributed by atoms with Gasteiger partial charge in [-0.1, -0.05) is 79.6 Å². The Labute approximate surface area is 214 Å². The number of nitrogens with zero attached hydrogens (tertiary/aromatic N) is 1. The summed E-state index contributed by atoms with van der Waals surface area (Å²) in [6, 6.07) is 22.4. The summed E-state index contributed by atoms with van der Waals surface area (Å²) in [6.07, 6.45) is 1.23. The van der Waals surface area contributed by atoms with Crippen molar-refractivity contribution in [2.75, 3.05) is 6.54 Å². The minimum atomic E-state index is -0.595. The SMILES string of the molecule is CCC(=O)N1CCc2ccc(OC(CC)C(=O)NCc3cccc(C)c3)cc2C1c1ccc(C)cc1. The summed E-state index contributed by atoms with van der Waals surface area (Å²) in [6.45, 7) is 9.12. The summed E-state index contributed by atoms with van der Waals surface area (Å²) in [4.78, 5) is 27.8. The second-order valence-electron chi connectivity index (χ2n) is 9.59. The Morgan fingerprint density at radius 2 is 1.78 bits per heavy atom. The lowest BCUT2D eigenvalue weighted by atomic mass is 9.87. The number of hydrogen-bond donors (Lipinski definition) is 1. The first-order chi connectivity index (χ1) is 17.4. The zero-order valence-electron chi connectivity index (χ0n) is 21.7. The van der Waals surface area contributed by atoms with E-state index in [2.05, 4.69) is 48.6 Å². The van der Waals surface area contributed by atoms with E-state index in [4.69, 9.17) is 4.74 Å². The summed E-state index contributed by atoms with van der Waals surface area (Å²) in [7, 11) is 0. The second-order valence-corrected chi connectivity index (χ2v) is 9.59. The number of nitrogens with one attached hydrogen (secondary N) is 1. The van der Waals surface area contributed by atoms with Crippen LogP contribution < -0.4 is 10.1 Å². The van der Waals surface area contributed by atoms with Crippen LogP contribution in [-0.4, -0.2) is 29.4 Å². The fourth-order valence-corrected chi connectivity index (χ4v) is 4.86. The summed E-state index contributed by atoms with van der Waals surface area (Å²) in [5, 5.41) is 3.01. The molecule has 0 radical (unpaired) electrons. The molecule has 2 unspecified atom stereocenters. The molecule has 0 bridgehead atoms. The molecule has 0 aromatic heterocycles. The third kappa shape index (κ3) is 5.78. The first-order valence-electron chi connectivity index (χ1n) is 12.9. The molecule has 5 nitrogen and oxygen atoms in total. The highest BCUT2D eigenvalue weighted by molar-refractivity contribution is 5.81. The quantitative estimate of drug-likeness (QED) is 0.449. The van der Waals surface area contributed by atoms with Crippen molar-refractivity contribution in [1.82, 2.24) is 10.2 Å². The monoisotopic (exact) mass is 484 g/mol. The number of fused-ring (bicyclic) bond motifs is 1. The largest absolute Gasteiger partial charge is 0.481 e. The minimum absolute atomic E-state index is 0.130. The van der Waals surface area contributed by atoms with E-state index in [9.17, 15) is 9.59 Å². The van der Waals surface area contributed by atoms with Crippen molar-refractivity contribution in [2.24, 2.45) is 0 Å². The molecule has 1 aliphatic rings. The molecule has 3 aromatic carbocycles. The molecule has 0 fully saturated rings. The van der Waals surface area contributed by atoms with Gasteiger partial charge in [-0.3, -0.25) is 9.59 Å². The zero-order valence-corrected chi connectivity index (χ0v) is 21.7. The van der Waals surface area contributed by atoms with E-state index in [-0.39, 0.29) is 17.9 Å². The average Bonchev–Trinajstić information content (AvgIpc) is 2.89. The smallest absolute Gasteiger partial charge is 0.261 e. The Morgan fingerprint density at radius 1 is 1.00 bits per heavy atom. The molecule has 0 aliphatic carbocycles. The van der Waals surface area contributed by atoms with Crippen molar-refractivity contribution in [2.45, 2.75) is 65.6 Å². The third-order valence-corrected chi connectivity index (χ3v) is 6.85. The molecule has 36 heavy (non-hydrogen) atoms. The molecule has 5 heteroatoms. The summed E-state index contributed by atoms with van der Waals surface area (Å²) in [5.41, 5.74) is 6.78. The molecule has 0 spiro atoms. The van der Waals surface area contributed by atoms with Gasteiger partial charge in [-0.25, -0.2) is 0 Å². The Kier molecular flexibility index (Phi) is 8.09. The van der Waals surface area contributed by atoms with Crippen LogP contribution in [0.1, 0.15) is 66.1 Å². The summed E-state index contributed by atoms with van der Waals surface area (Å²) in [5.74, 6) is 0.656. The number of carbonyl (C=O) groups excluding carboxylic acids is 2. The van der Waals surface area contributed by atoms with Crippen LogP contribution in [0.2, 0.25) is 0 Å². The van der Waals surface area contributed by atoms with Crippen molar-refractivity contribution in [1.29, 1.82) is 0 Å². The van der Waals surface area contributed by atoms with Gasteiger partial charge in [0.25, 0.3) is 5.91 Å². The zero-order chi connectivity index (χ0) is 25.7. The fraction of sp³-hybridized carbons (Fsp3) is 0.355. The van der Waals surface area contributed by atoms with Gasteiger partial charge >= 0.3 is 0 Å². The van der Waals surface area contributed by atoms with Crippen molar-refractivity contribution in [3.63, 3.8) is 0 Å². The van der Waals surface area contributed by atoms with E-state index in [1.807, 2.05) is 56.0 Å². The Morgan fingerprint density at radius 3 is 2.47 bits per heavy atom. The lowest BCUT2D eigenvalue weighted by molar-refractivity contribution is -0.133. The number of rotatable bonds is 8. The van der Waals surface area contributed by atoms with Crippen molar-refractivity contribution < 1.29 is 14.3 Å². The minimum Gasteiger partial charge on any atom is -0.481 e. The normalized spacial score (nSPS) is 15.7. The van der Waals surface area contributed by atoms with E-state index in [0.29, 0.717) is 31.7 Å². The van der Waals surface area contributed by atoms with Crippen LogP contribution in [0.4, 0.5) is 0 Å². The van der Waals surface area contributed by atoms with Gasteiger partial charge in [-0.2, -0.15) is 0 Å². The van der Waals surface area contributed by atoms with E-state index < -0.39 is 6.10 Å². The van der Waals surface area contributed by atoms with Gasteiger partial charge < -0.3 is 15.0 Å². The number of ether oxygens (including phenoxy) is 1. The summed E-state index contributed by atoms with van der Waals surface area (Å²) >= 11 is 0. The molecular weight excluding hydrogens is 448 g/mol. The van der Waals surface area contributed by atoms with Gasteiger partial charge in [0.05, 0.1) is 6.04 Å². The van der Waals surface area contributed by atoms with Crippen LogP contribution in [-0.2, 0) is 22.6 Å². The predicted octanol–water partition coefficient (Wildman–Crippen LogP) is 5.66. The molecule has 2 amide bonds. The molecule has 2 atom stereocenters. The lowest BCUT2D eigenvalue weighted by Gasteiger charge is -2.38. The number of amides is 2. The van der Waals surface area contributed by atoms with Crippen molar-refractivity contribution in [3.05, 3.63) is 100 Å². The Hall–Kier alpha value is -3.60. The number of benzene rings is 3. The highest BCUT2D eigenvalue weighted by Gasteiger charge is 2.32. The van der Waals surface area contributed by atoms with Gasteiger partial charge in [0.1, 0.15) is 5.75 Å². The standard InChI is InChI=1S/C31H36N2O3/c1-5-28(31(35)32-20-23-9-7-8-22(4)18-23)36-26-15-14-24-16-17-33(29(34)6-2)30(27(24)19-26)25-12-10-21(3)11-13-25/h7-15,18-19,28,30H,5-6,16-17,20H2,1-4H3,(H,32,35). The third-order valence-electron chi connectivity index (χ3n) is 6.85. The van der Waals surface area contributed by atoms with Crippen LogP contribution in [0.3, 0.4) is 0 Å². The number of hydrogen-bond acceptors (Lipinski definition) is 3. The maximum absolute atomic E-state index is 12.9. The summed E-state index contributed by atoms with van der Waals surface area (Å²) < 4.78 is 6.21. The molecule has 1 aliphatic heterocycles. The van der Waals surface area contributed by atoms with Crippen molar-refractivity contribution in [3.8, 4) is 5.75 Å². The molecule has 4 rings (SSSR count). The lowest BCUT2D eigenvalue weighted by Crippen LogP contribution is -2.40. The van der Waals surface area contributed by atoms with Gasteiger partial charge in [0, 0.05) is 19.5 Å². The van der Waals surface area contributed by atoms with Crippen molar-refractivity contribution >= 4 is 11.8 Å². The molecule has 1 N–H and O–H groups in total. The molecular formula is C31H36N2O3. The molecule has 1 heterocycles. The van der Waals surface area contributed by atoms with E-state index in [1.165, 1.54) is 11.1 Å². The fourth-order valence-electron chi connectivity index (χ4n) is 4.86. The molecule has 3 aromatic rings. The number of carbonyl (C=O) groups is 2. The number of aryl methyl sites for hydroxylation is 2. The van der Waals surface area contributed by atoms with Gasteiger partial charge in [0.15, 0.2) is 6.10 Å². The van der Waals surface area contributed by atoms with E-state index >= 15 is 0 Å². The maximum atomic E-state index is 12.9. The maximum Gasteiger partial charge on any atom is 0.261 e. The predicted molar refractivity (Wildman–Crippen MR) is 143 cm³/mol. The highest BCUT2D eigenvalue weighted by atomic mass is 16.5. The molecule has 0 saturated heterocycles. The highest BCUT2D eigenvalue weighted by Crippen LogP contribution is 2.37. The average molecular weight is 485 g/mol. The van der Waals surface area contributed by atoms with Crippen LogP contribution in [0.25, 0.3) is 0 Å². The topological polar surface area (TPSA) is 58.6 Å². The van der Waals surface area contributed by atoms with Crippen LogP contribution in [0.15, 0.2) is 66.7 Å². The second kappa shape index (κ2) is 11.4.